The van der Waals surface area contributed by atoms with E-state index < -0.39 is 0 Å². The average molecular weight is 141 g/mol. The molecule has 2 rings (SSSR count). The molecule has 0 radical (unpaired) electrons. The first-order chi connectivity index (χ1) is 4.72. The van der Waals surface area contributed by atoms with Crippen LogP contribution in [0.15, 0.2) is 0 Å². The molecule has 0 bridgehead atoms. The molecule has 2 heterocycles. The van der Waals surface area contributed by atoms with Crippen LogP contribution in [-0.2, 0) is 4.74 Å². The van der Waals surface area contributed by atoms with E-state index in [1.54, 1.807) is 0 Å². The number of likely N-dealkylation sites (tertiary alicyclic amines) is 1. The van der Waals surface area contributed by atoms with Gasteiger partial charge >= 0.3 is 0 Å². The van der Waals surface area contributed by atoms with Gasteiger partial charge in [0, 0.05) is 18.0 Å². The van der Waals surface area contributed by atoms with Crippen molar-refractivity contribution in [1.29, 1.82) is 0 Å². The van der Waals surface area contributed by atoms with Crippen LogP contribution in [0.1, 0.15) is 13.3 Å². The molecule has 0 aromatic heterocycles. The largest absolute Gasteiger partial charge is 0.380 e. The van der Waals surface area contributed by atoms with E-state index >= 15 is 0 Å². The summed E-state index contributed by atoms with van der Waals surface area (Å²) < 4.78 is 5.23. The third-order valence-corrected chi connectivity index (χ3v) is 2.88. The van der Waals surface area contributed by atoms with Gasteiger partial charge in [-0.1, -0.05) is 0 Å². The Labute approximate surface area is 62.2 Å². The van der Waals surface area contributed by atoms with Gasteiger partial charge in [-0.15, -0.1) is 0 Å². The van der Waals surface area contributed by atoms with E-state index in [4.69, 9.17) is 4.74 Å². The standard InChI is InChI=1S/C8H15NO/c1-7-3-8(4-9(7)2)5-10-6-8/h7H,3-6H2,1-2H3/t7-/m1/s1. The lowest BCUT2D eigenvalue weighted by Crippen LogP contribution is -2.44. The molecular weight excluding hydrogens is 126 g/mol. The number of hydrogen-bond acceptors (Lipinski definition) is 2. The predicted octanol–water partition coefficient (Wildman–Crippen LogP) is 0.727. The third kappa shape index (κ3) is 0.789. The van der Waals surface area contributed by atoms with Gasteiger partial charge in [0.1, 0.15) is 0 Å². The summed E-state index contributed by atoms with van der Waals surface area (Å²) in [4.78, 5) is 2.43. The average Bonchev–Trinajstić information content (AvgIpc) is 2.08. The van der Waals surface area contributed by atoms with E-state index in [9.17, 15) is 0 Å². The van der Waals surface area contributed by atoms with Crippen LogP contribution in [0.5, 0.6) is 0 Å². The molecule has 0 unspecified atom stereocenters. The second-order valence-electron chi connectivity index (χ2n) is 3.96. The fraction of sp³-hybridized carbons (Fsp3) is 1.00. The van der Waals surface area contributed by atoms with Gasteiger partial charge in [0.25, 0.3) is 0 Å². The van der Waals surface area contributed by atoms with Crippen LogP contribution in [-0.4, -0.2) is 37.7 Å². The van der Waals surface area contributed by atoms with Gasteiger partial charge in [-0.2, -0.15) is 0 Å². The van der Waals surface area contributed by atoms with E-state index in [1.807, 2.05) is 0 Å². The highest BCUT2D eigenvalue weighted by Crippen LogP contribution is 2.39. The monoisotopic (exact) mass is 141 g/mol. The number of nitrogens with zero attached hydrogens (tertiary/aromatic N) is 1. The quantitative estimate of drug-likeness (QED) is 0.493. The van der Waals surface area contributed by atoms with Crippen LogP contribution in [0.4, 0.5) is 0 Å². The van der Waals surface area contributed by atoms with E-state index in [-0.39, 0.29) is 0 Å². The molecule has 0 saturated carbocycles. The Morgan fingerprint density at radius 3 is 2.40 bits per heavy atom. The molecule has 0 N–H and O–H groups in total. The maximum Gasteiger partial charge on any atom is 0.0557 e. The summed E-state index contributed by atoms with van der Waals surface area (Å²) in [6.45, 7) is 5.55. The molecule has 2 fully saturated rings. The molecule has 2 aliphatic heterocycles. The van der Waals surface area contributed by atoms with Crippen molar-refractivity contribution in [2.24, 2.45) is 5.41 Å². The van der Waals surface area contributed by atoms with Crippen LogP contribution in [0, 0.1) is 5.41 Å². The second kappa shape index (κ2) is 1.95. The third-order valence-electron chi connectivity index (χ3n) is 2.88. The summed E-state index contributed by atoms with van der Waals surface area (Å²) in [5.74, 6) is 0. The normalized spacial score (nSPS) is 38.4. The van der Waals surface area contributed by atoms with Crippen LogP contribution >= 0.6 is 0 Å². The molecule has 2 nitrogen and oxygen atoms in total. The SMILES string of the molecule is C[C@@H]1CC2(COC2)CN1C. The summed E-state index contributed by atoms with van der Waals surface area (Å²) >= 11 is 0. The fourth-order valence-corrected chi connectivity index (χ4v) is 2.13. The molecule has 58 valence electrons. The van der Waals surface area contributed by atoms with Gasteiger partial charge in [-0.05, 0) is 20.4 Å². The van der Waals surface area contributed by atoms with Gasteiger partial charge in [-0.25, -0.2) is 0 Å². The molecule has 0 aromatic carbocycles. The van der Waals surface area contributed by atoms with Crippen LogP contribution in [0.25, 0.3) is 0 Å². The highest BCUT2D eigenvalue weighted by atomic mass is 16.5. The van der Waals surface area contributed by atoms with E-state index in [1.165, 1.54) is 13.0 Å². The lowest BCUT2D eigenvalue weighted by molar-refractivity contribution is -0.104. The van der Waals surface area contributed by atoms with Crippen molar-refractivity contribution in [2.75, 3.05) is 26.8 Å². The van der Waals surface area contributed by atoms with Crippen LogP contribution < -0.4 is 0 Å². The minimum atomic E-state index is 0.564. The Bertz CT molecular complexity index is 130. The summed E-state index contributed by atoms with van der Waals surface area (Å²) in [7, 11) is 2.21. The van der Waals surface area contributed by atoms with Crippen molar-refractivity contribution in [3.05, 3.63) is 0 Å². The van der Waals surface area contributed by atoms with Gasteiger partial charge < -0.3 is 9.64 Å². The summed E-state index contributed by atoms with van der Waals surface area (Å²) in [5, 5.41) is 0. The Balaban J connectivity index is 2.03. The molecule has 1 atom stereocenters. The van der Waals surface area contributed by atoms with Crippen molar-refractivity contribution < 1.29 is 4.74 Å². The lowest BCUT2D eigenvalue weighted by atomic mass is 9.84. The van der Waals surface area contributed by atoms with E-state index in [2.05, 4.69) is 18.9 Å². The van der Waals surface area contributed by atoms with E-state index in [0.29, 0.717) is 5.41 Å². The second-order valence-corrected chi connectivity index (χ2v) is 3.96. The molecule has 1 spiro atoms. The minimum Gasteiger partial charge on any atom is -0.380 e. The van der Waals surface area contributed by atoms with Crippen molar-refractivity contribution in [1.82, 2.24) is 4.90 Å². The zero-order valence-corrected chi connectivity index (χ0v) is 6.76. The number of rotatable bonds is 0. The molecule has 2 saturated heterocycles. The lowest BCUT2D eigenvalue weighted by Gasteiger charge is -2.37. The van der Waals surface area contributed by atoms with Crippen molar-refractivity contribution in [2.45, 2.75) is 19.4 Å². The Hall–Kier alpha value is -0.0800. The van der Waals surface area contributed by atoms with Crippen molar-refractivity contribution in [3.8, 4) is 0 Å². The first-order valence-corrected chi connectivity index (χ1v) is 4.00. The Kier molecular flexibility index (Phi) is 1.29. The molecule has 2 heteroatoms. The van der Waals surface area contributed by atoms with Gasteiger partial charge in [0.2, 0.25) is 0 Å². The minimum absolute atomic E-state index is 0.564. The van der Waals surface area contributed by atoms with Gasteiger partial charge in [-0.3, -0.25) is 0 Å². The summed E-state index contributed by atoms with van der Waals surface area (Å²) in [6.07, 6.45) is 1.34. The number of ether oxygens (including phenoxy) is 1. The first kappa shape index (κ1) is 6.62. The molecule has 2 aliphatic rings. The highest BCUT2D eigenvalue weighted by Gasteiger charge is 2.46. The topological polar surface area (TPSA) is 12.5 Å². The predicted molar refractivity (Wildman–Crippen MR) is 40.0 cm³/mol. The smallest absolute Gasteiger partial charge is 0.0557 e. The summed E-state index contributed by atoms with van der Waals surface area (Å²) in [5.41, 5.74) is 0.564. The van der Waals surface area contributed by atoms with Crippen molar-refractivity contribution >= 4 is 0 Å². The molecule has 0 amide bonds. The summed E-state index contributed by atoms with van der Waals surface area (Å²) in [6, 6.07) is 0.767. The molecular formula is C8H15NO. The maximum absolute atomic E-state index is 5.23. The zero-order valence-electron chi connectivity index (χ0n) is 6.76. The Morgan fingerprint density at radius 2 is 2.20 bits per heavy atom. The van der Waals surface area contributed by atoms with Crippen LogP contribution in [0.3, 0.4) is 0 Å². The Morgan fingerprint density at radius 1 is 1.50 bits per heavy atom. The van der Waals surface area contributed by atoms with Gasteiger partial charge in [0.05, 0.1) is 13.2 Å². The van der Waals surface area contributed by atoms with Crippen molar-refractivity contribution in [3.63, 3.8) is 0 Å². The molecule has 0 aromatic rings. The fourth-order valence-electron chi connectivity index (χ4n) is 2.13. The zero-order chi connectivity index (χ0) is 7.19. The first-order valence-electron chi connectivity index (χ1n) is 4.00. The highest BCUT2D eigenvalue weighted by molar-refractivity contribution is 4.96. The number of hydrogen-bond donors (Lipinski definition) is 0. The van der Waals surface area contributed by atoms with Gasteiger partial charge in [0.15, 0.2) is 0 Å². The van der Waals surface area contributed by atoms with Crippen LogP contribution in [0.2, 0.25) is 0 Å². The molecule has 10 heavy (non-hydrogen) atoms. The van der Waals surface area contributed by atoms with E-state index in [0.717, 1.165) is 19.3 Å². The maximum atomic E-state index is 5.23. The molecule has 0 aliphatic carbocycles.